The van der Waals surface area contributed by atoms with E-state index in [1.54, 1.807) is 10.0 Å². The number of aromatic nitrogens is 7. The molecule has 89 heavy (non-hydrogen) atoms. The summed E-state index contributed by atoms with van der Waals surface area (Å²) in [6, 6.07) is 6.97. The molecular weight excluding hydrogens is 1360 g/mol. The quantitative estimate of drug-likeness (QED) is 0.0204. The van der Waals surface area contributed by atoms with Crippen LogP contribution in [0.3, 0.4) is 0 Å². The lowest BCUT2D eigenvalue weighted by atomic mass is 10.2. The van der Waals surface area contributed by atoms with Crippen LogP contribution >= 0.6 is 30.8 Å². The molecule has 0 aliphatic carbocycles. The number of nitrogens with one attached hydrogen (secondary N) is 5. The number of carbonyl (C=O) groups excluding carboxylic acids is 2. The Labute approximate surface area is 503 Å². The van der Waals surface area contributed by atoms with E-state index in [-0.39, 0.29) is 39.2 Å². The number of hydrogen-bond donors (Lipinski definition) is 10. The normalized spacial score (nSPS) is 11.5. The Hall–Kier alpha value is -9.11. The number of pyridine rings is 1. The fourth-order valence-corrected chi connectivity index (χ4v) is 10.5. The molecule has 11 N–H and O–H groups in total. The Balaban J connectivity index is 0.000000327. The van der Waals surface area contributed by atoms with E-state index >= 15 is 0 Å². The monoisotopic (exact) mass is 1390 g/mol. The highest BCUT2D eigenvalue weighted by molar-refractivity contribution is 7.93. The molecule has 6 aromatic rings. The lowest BCUT2D eigenvalue weighted by Crippen LogP contribution is -2.36. The molecule has 2 aromatic carbocycles. The molecule has 0 bridgehead atoms. The second-order valence-electron chi connectivity index (χ2n) is 15.5. The van der Waals surface area contributed by atoms with Crippen molar-refractivity contribution in [3.63, 3.8) is 0 Å². The molecule has 0 unspecified atom stereocenters. The zero-order valence-electron chi connectivity index (χ0n) is 44.2. The van der Waals surface area contributed by atoms with Crippen LogP contribution in [0.25, 0.3) is 5.69 Å². The number of anilines is 3. The van der Waals surface area contributed by atoms with Crippen LogP contribution in [0.15, 0.2) is 87.9 Å². The van der Waals surface area contributed by atoms with Gasteiger partial charge in [-0.05, 0) is 36.4 Å². The number of methoxy groups -OCH3 is 2. The van der Waals surface area contributed by atoms with Gasteiger partial charge in [0.2, 0.25) is 41.2 Å². The van der Waals surface area contributed by atoms with E-state index in [0.29, 0.717) is 18.2 Å². The molecule has 4 aromatic heterocycles. The predicted molar refractivity (Wildman–Crippen MR) is 287 cm³/mol. The van der Waals surface area contributed by atoms with Crippen LogP contribution in [0.4, 0.5) is 63.7 Å². The summed E-state index contributed by atoms with van der Waals surface area (Å²) < 4.78 is 192. The lowest BCUT2D eigenvalue weighted by Gasteiger charge is -2.12. The van der Waals surface area contributed by atoms with Crippen LogP contribution in [0.1, 0.15) is 22.8 Å². The molecule has 0 fully saturated rings. The van der Waals surface area contributed by atoms with Gasteiger partial charge in [-0.25, -0.2) is 50.3 Å². The number of halogens is 9. The summed E-state index contributed by atoms with van der Waals surface area (Å²) in [5.74, 6) is -6.52. The maximum Gasteiger partial charge on any atom is 0.416 e. The second kappa shape index (κ2) is 31.7. The maximum absolute atomic E-state index is 12.6. The number of sulfone groups is 1. The highest BCUT2D eigenvalue weighted by atomic mass is 35.5. The van der Waals surface area contributed by atoms with Crippen LogP contribution in [0, 0.1) is 10.1 Å². The predicted octanol–water partition coefficient (Wildman–Crippen LogP) is 4.56. The topological polar surface area (TPSA) is 517 Å². The number of ether oxygens (including phenoxy) is 4. The molecule has 35 nitrogen and oxygen atoms in total. The molecule has 486 valence electrons. The summed E-state index contributed by atoms with van der Waals surface area (Å²) in [6.45, 7) is -5.90. The van der Waals surface area contributed by atoms with E-state index in [0.717, 1.165) is 35.3 Å². The first kappa shape index (κ1) is 74.1. The van der Waals surface area contributed by atoms with E-state index in [1.807, 2.05) is 0 Å². The van der Waals surface area contributed by atoms with Crippen molar-refractivity contribution >= 4 is 108 Å². The minimum atomic E-state index is -4.71. The number of amides is 4. The Kier molecular flexibility index (Phi) is 26.4. The largest absolute Gasteiger partial charge is 0.481 e. The summed E-state index contributed by atoms with van der Waals surface area (Å²) in [4.78, 5) is 87.7. The second-order valence-corrected chi connectivity index (χ2v) is 23.5. The van der Waals surface area contributed by atoms with Gasteiger partial charge in [0.15, 0.2) is 14.9 Å². The molecule has 0 aliphatic rings. The van der Waals surface area contributed by atoms with Crippen LogP contribution in [-0.4, -0.2) is 155 Å². The van der Waals surface area contributed by atoms with Gasteiger partial charge in [0.05, 0.1) is 71.0 Å². The summed E-state index contributed by atoms with van der Waals surface area (Å²) >= 11 is 11.5. The van der Waals surface area contributed by atoms with E-state index in [1.165, 1.54) is 50.1 Å². The van der Waals surface area contributed by atoms with Gasteiger partial charge < -0.3 is 44.7 Å². The zero-order valence-corrected chi connectivity index (χ0v) is 49.0. The van der Waals surface area contributed by atoms with Crippen molar-refractivity contribution in [2.45, 2.75) is 41.1 Å². The van der Waals surface area contributed by atoms with Gasteiger partial charge in [-0.3, -0.25) is 35.4 Å². The molecule has 4 amide bonds. The molecule has 0 saturated carbocycles. The van der Waals surface area contributed by atoms with Crippen molar-refractivity contribution < 1.29 is 124 Å². The summed E-state index contributed by atoms with van der Waals surface area (Å²) in [6.07, 6.45) is -3.29. The number of carboxylic acids is 2. The first-order chi connectivity index (χ1) is 41.1. The van der Waals surface area contributed by atoms with Gasteiger partial charge >= 0.3 is 56.7 Å². The number of aromatic carboxylic acids is 1. The Bertz CT molecular complexity index is 3900. The smallest absolute Gasteiger partial charge is 0.416 e. The molecule has 0 spiro atoms. The van der Waals surface area contributed by atoms with Crippen LogP contribution in [0.5, 0.6) is 23.5 Å². The lowest BCUT2D eigenvalue weighted by molar-refractivity contribution is -0.383. The number of carbonyl (C=O) groups is 4. The number of benzene rings is 2. The van der Waals surface area contributed by atoms with E-state index in [4.69, 9.17) is 58.4 Å². The number of nitro groups is 1. The standard InChI is InChI=1S/C14H10F4N4O7S.C14H17N5O7S2.C10H5Cl2F3N4O2.C3H8NO5P/c15-11(16)28-8-5-9(29-12(17)18)20-13(19-8)21-14(25)22-30(26,27)7-4-2-1-3-6(7)10(23)24;1-4-27(21,22)9-6-5-7-15-12(9)28(23,24)19-14(20)18-13-16-10(25-2)8-11(17-13)26-3;11-5-1-4(10(13,14)15)2-6(12)8(5)18-9(16)7(3-17-18)19(20)21;5-3(6)1-4-2-10(7,8)9/h1-5,11-12H,(H,23,24)(H2,19,20,21,22,25);5-8H,4H2,1-3H3,(H2,16,17,18,19,20);1-3H,16H2;4H,1-2H2,(H,5,6)(H2,7,8,9). The number of nitrogens with zero attached hydrogens (tertiary/aromatic N) is 8. The molecule has 0 saturated heterocycles. The molecule has 4 heterocycles. The molecule has 0 radical (unpaired) electrons. The van der Waals surface area contributed by atoms with Crippen molar-refractivity contribution in [3.8, 4) is 29.2 Å². The molecule has 6 rings (SSSR count). The van der Waals surface area contributed by atoms with E-state index < -0.39 is 154 Å². The number of aliphatic carboxylic acids is 1. The van der Waals surface area contributed by atoms with Gasteiger partial charge in [-0.15, -0.1) is 0 Å². The van der Waals surface area contributed by atoms with E-state index in [9.17, 15) is 89.8 Å². The fourth-order valence-electron chi connectivity index (χ4n) is 5.79. The highest BCUT2D eigenvalue weighted by Crippen LogP contribution is 2.39. The fraction of sp³-hybridized carbons (Fsp3) is 0.220. The first-order valence-electron chi connectivity index (χ1n) is 22.6. The van der Waals surface area contributed by atoms with Gasteiger partial charge in [-0.1, -0.05) is 42.3 Å². The number of hydrogen-bond acceptors (Lipinski definition) is 25. The van der Waals surface area contributed by atoms with Gasteiger partial charge in [0.1, 0.15) is 21.7 Å². The molecule has 0 aliphatic heterocycles. The number of rotatable bonds is 21. The van der Waals surface area contributed by atoms with Gasteiger partial charge in [0, 0.05) is 6.20 Å². The Morgan fingerprint density at radius 3 is 1.67 bits per heavy atom. The number of urea groups is 2. The molecule has 0 atom stereocenters. The van der Waals surface area contributed by atoms with Crippen molar-refractivity contribution in [2.75, 3.05) is 49.2 Å². The molecular formula is C41H40Cl2F7N14O21PS3. The highest BCUT2D eigenvalue weighted by Gasteiger charge is 2.34. The van der Waals surface area contributed by atoms with Crippen LogP contribution < -0.4 is 50.1 Å². The van der Waals surface area contributed by atoms with Crippen molar-refractivity contribution in [3.05, 3.63) is 104 Å². The maximum atomic E-state index is 12.6. The summed E-state index contributed by atoms with van der Waals surface area (Å²) in [5.41, 5.74) is 3.14. The summed E-state index contributed by atoms with van der Waals surface area (Å²) in [5, 5.41) is 35.6. The number of alkyl halides is 7. The minimum absolute atomic E-state index is 0.0612. The van der Waals surface area contributed by atoms with Crippen LogP contribution in [0.2, 0.25) is 10.0 Å². The Morgan fingerprint density at radius 2 is 1.25 bits per heavy atom. The van der Waals surface area contributed by atoms with E-state index in [2.05, 4.69) is 50.1 Å². The third kappa shape index (κ3) is 23.2. The Morgan fingerprint density at radius 1 is 0.775 bits per heavy atom. The average Bonchev–Trinajstić information content (AvgIpc) is 2.04. The number of sulfonamides is 2. The van der Waals surface area contributed by atoms with Gasteiger partial charge in [0.25, 0.3) is 20.0 Å². The van der Waals surface area contributed by atoms with Gasteiger partial charge in [-0.2, -0.15) is 64.2 Å². The third-order valence-corrected chi connectivity index (χ3v) is 15.1. The SMILES string of the molecule is CCS(=O)(=O)c1cccnc1S(=O)(=O)NC(=O)Nc1nc(OC)cc(OC)n1.Nc1c([N+](=O)[O-])cnn1-c1c(Cl)cc(C(F)(F)F)cc1Cl.O=C(Nc1nc(OC(F)F)cc(OC(F)F)n1)NS(=O)(=O)c1ccccc1C(=O)O.O=C(O)CNCP(=O)(O)O. The van der Waals surface area contributed by atoms with Crippen molar-refractivity contribution in [1.82, 2.24) is 49.5 Å². The third-order valence-electron chi connectivity index (χ3n) is 9.35. The number of carboxylic acid groups (broad SMARTS) is 2. The zero-order chi connectivity index (χ0) is 67.6. The minimum Gasteiger partial charge on any atom is -0.481 e. The average molecular weight is 1400 g/mol. The van der Waals surface area contributed by atoms with Crippen molar-refractivity contribution in [1.29, 1.82) is 0 Å². The number of nitrogen functional groups attached to an aromatic ring is 1. The number of nitrogens with two attached hydrogens (primary N) is 1. The summed E-state index contributed by atoms with van der Waals surface area (Å²) in [7, 11) is -14.7. The van der Waals surface area contributed by atoms with Crippen LogP contribution in [-0.2, 0) is 45.4 Å². The molecule has 48 heteroatoms. The first-order valence-corrected chi connectivity index (χ1v) is 29.8. The van der Waals surface area contributed by atoms with Crippen molar-refractivity contribution in [2.24, 2.45) is 0 Å².